The van der Waals surface area contributed by atoms with Crippen LogP contribution < -0.4 is 11.2 Å². The number of nitro benzene ring substituents is 1. The molecule has 0 saturated heterocycles. The van der Waals surface area contributed by atoms with E-state index >= 15 is 0 Å². The van der Waals surface area contributed by atoms with E-state index in [1.165, 1.54) is 0 Å². The summed E-state index contributed by atoms with van der Waals surface area (Å²) in [6, 6.07) is 2.60. The topological polar surface area (TPSA) is 93.5 Å². The van der Waals surface area contributed by atoms with E-state index < -0.39 is 27.9 Å². The molecule has 0 aliphatic carbocycles. The third-order valence-corrected chi connectivity index (χ3v) is 2.04. The number of nitrogens with zero attached hydrogens (tertiary/aromatic N) is 2. The van der Waals surface area contributed by atoms with Gasteiger partial charge in [0, 0.05) is 6.07 Å². The molecule has 0 bridgehead atoms. The van der Waals surface area contributed by atoms with Gasteiger partial charge >= 0.3 is 6.18 Å². The summed E-state index contributed by atoms with van der Waals surface area (Å²) >= 11 is 4.40. The molecule has 0 unspecified atom stereocenters. The monoisotopic (exact) mass is 292 g/mol. The lowest BCUT2D eigenvalue weighted by atomic mass is 10.1. The standard InChI is InChI=1S/C9H7F3N4O2S/c10-9(11,12)6-2-1-3-7(16(17)18)5(6)4-14-15-8(13)19/h1-4H,(H3,13,15,19). The summed E-state index contributed by atoms with van der Waals surface area (Å²) in [7, 11) is 0. The second kappa shape index (κ2) is 5.61. The Morgan fingerprint density at radius 3 is 2.63 bits per heavy atom. The molecule has 19 heavy (non-hydrogen) atoms. The Morgan fingerprint density at radius 2 is 2.16 bits per heavy atom. The van der Waals surface area contributed by atoms with Gasteiger partial charge in [0.05, 0.1) is 22.3 Å². The normalized spacial score (nSPS) is 11.5. The Labute approximate surface area is 110 Å². The fourth-order valence-electron chi connectivity index (χ4n) is 1.26. The van der Waals surface area contributed by atoms with Crippen molar-refractivity contribution < 1.29 is 18.1 Å². The minimum absolute atomic E-state index is 0.275. The van der Waals surface area contributed by atoms with Crippen LogP contribution in [0.5, 0.6) is 0 Å². The number of halogens is 3. The van der Waals surface area contributed by atoms with Gasteiger partial charge in [-0.15, -0.1) is 0 Å². The van der Waals surface area contributed by atoms with E-state index in [1.807, 2.05) is 5.43 Å². The van der Waals surface area contributed by atoms with Gasteiger partial charge in [-0.2, -0.15) is 18.3 Å². The van der Waals surface area contributed by atoms with Crippen LogP contribution in [0.15, 0.2) is 23.3 Å². The lowest BCUT2D eigenvalue weighted by Gasteiger charge is -2.09. The number of thiocarbonyl (C=S) groups is 1. The average Bonchev–Trinajstić information content (AvgIpc) is 2.26. The third-order valence-electron chi connectivity index (χ3n) is 1.95. The van der Waals surface area contributed by atoms with Gasteiger partial charge in [-0.1, -0.05) is 6.07 Å². The van der Waals surface area contributed by atoms with Crippen LogP contribution in [0.25, 0.3) is 0 Å². The van der Waals surface area contributed by atoms with Crippen LogP contribution in [-0.4, -0.2) is 16.3 Å². The molecule has 0 heterocycles. The molecule has 0 fully saturated rings. The van der Waals surface area contributed by atoms with E-state index in [-0.39, 0.29) is 5.11 Å². The van der Waals surface area contributed by atoms with Crippen molar-refractivity contribution in [2.45, 2.75) is 6.18 Å². The van der Waals surface area contributed by atoms with Crippen molar-refractivity contribution in [1.82, 2.24) is 5.43 Å². The maximum absolute atomic E-state index is 12.7. The highest BCUT2D eigenvalue weighted by Crippen LogP contribution is 2.34. The van der Waals surface area contributed by atoms with E-state index in [0.29, 0.717) is 6.21 Å². The van der Waals surface area contributed by atoms with Crippen molar-refractivity contribution in [3.63, 3.8) is 0 Å². The summed E-state index contributed by atoms with van der Waals surface area (Å²) in [5.74, 6) is 0. The minimum Gasteiger partial charge on any atom is -0.375 e. The smallest absolute Gasteiger partial charge is 0.375 e. The molecule has 0 radical (unpaired) electrons. The molecule has 102 valence electrons. The Kier molecular flexibility index (Phi) is 4.38. The quantitative estimate of drug-likeness (QED) is 0.383. The summed E-state index contributed by atoms with van der Waals surface area (Å²) in [4.78, 5) is 9.77. The SMILES string of the molecule is NC(=S)NN=Cc1c([N+](=O)[O-])cccc1C(F)(F)F. The lowest BCUT2D eigenvalue weighted by molar-refractivity contribution is -0.385. The van der Waals surface area contributed by atoms with Crippen LogP contribution >= 0.6 is 12.2 Å². The average molecular weight is 292 g/mol. The van der Waals surface area contributed by atoms with E-state index in [4.69, 9.17) is 5.73 Å². The van der Waals surface area contributed by atoms with Gasteiger partial charge < -0.3 is 5.73 Å². The van der Waals surface area contributed by atoms with Gasteiger partial charge in [0.25, 0.3) is 5.69 Å². The van der Waals surface area contributed by atoms with E-state index in [2.05, 4.69) is 17.3 Å². The first kappa shape index (κ1) is 14.8. The number of nitrogens with one attached hydrogen (secondary N) is 1. The number of nitrogens with two attached hydrogens (primary N) is 1. The van der Waals surface area contributed by atoms with Gasteiger partial charge in [0.15, 0.2) is 5.11 Å². The number of benzene rings is 1. The van der Waals surface area contributed by atoms with E-state index in [0.717, 1.165) is 18.2 Å². The van der Waals surface area contributed by atoms with Crippen LogP contribution in [0.2, 0.25) is 0 Å². The number of hydrazone groups is 1. The van der Waals surface area contributed by atoms with Gasteiger partial charge in [-0.25, -0.2) is 0 Å². The van der Waals surface area contributed by atoms with Crippen LogP contribution in [-0.2, 0) is 6.18 Å². The fourth-order valence-corrected chi connectivity index (χ4v) is 1.31. The number of alkyl halides is 3. The highest BCUT2D eigenvalue weighted by molar-refractivity contribution is 7.80. The summed E-state index contributed by atoms with van der Waals surface area (Å²) in [6.07, 6.45) is -4.09. The largest absolute Gasteiger partial charge is 0.417 e. The van der Waals surface area contributed by atoms with Crippen molar-refractivity contribution in [3.8, 4) is 0 Å². The zero-order valence-electron chi connectivity index (χ0n) is 9.14. The second-order valence-electron chi connectivity index (χ2n) is 3.23. The van der Waals surface area contributed by atoms with Crippen molar-refractivity contribution in [2.75, 3.05) is 0 Å². The van der Waals surface area contributed by atoms with Crippen molar-refractivity contribution in [2.24, 2.45) is 10.8 Å². The summed E-state index contributed by atoms with van der Waals surface area (Å²) in [6.45, 7) is 0. The van der Waals surface area contributed by atoms with Gasteiger partial charge in [-0.05, 0) is 18.3 Å². The lowest BCUT2D eigenvalue weighted by Crippen LogP contribution is -2.24. The molecular formula is C9H7F3N4O2S. The van der Waals surface area contributed by atoms with Crippen LogP contribution in [0.4, 0.5) is 18.9 Å². The first-order chi connectivity index (χ1) is 8.73. The highest BCUT2D eigenvalue weighted by Gasteiger charge is 2.36. The van der Waals surface area contributed by atoms with Crippen LogP contribution in [0.3, 0.4) is 0 Å². The van der Waals surface area contributed by atoms with Gasteiger partial charge in [-0.3, -0.25) is 15.5 Å². The van der Waals surface area contributed by atoms with Crippen LogP contribution in [0.1, 0.15) is 11.1 Å². The van der Waals surface area contributed by atoms with Crippen molar-refractivity contribution >= 4 is 29.2 Å². The molecule has 3 N–H and O–H groups in total. The fraction of sp³-hybridized carbons (Fsp3) is 0.111. The Morgan fingerprint density at radius 1 is 1.53 bits per heavy atom. The molecule has 10 heteroatoms. The van der Waals surface area contributed by atoms with Crippen molar-refractivity contribution in [3.05, 3.63) is 39.4 Å². The molecule has 1 rings (SSSR count). The number of hydrogen-bond acceptors (Lipinski definition) is 4. The molecule has 0 aromatic heterocycles. The third kappa shape index (κ3) is 3.88. The maximum atomic E-state index is 12.7. The molecule has 1 aromatic rings. The zero-order chi connectivity index (χ0) is 14.6. The number of rotatable bonds is 3. The molecule has 1 aromatic carbocycles. The first-order valence-corrected chi connectivity index (χ1v) is 5.07. The second-order valence-corrected chi connectivity index (χ2v) is 3.67. The Balaban J connectivity index is 3.34. The first-order valence-electron chi connectivity index (χ1n) is 4.66. The van der Waals surface area contributed by atoms with Crippen LogP contribution in [0, 0.1) is 10.1 Å². The molecule has 0 atom stereocenters. The number of hydrogen-bond donors (Lipinski definition) is 2. The molecule has 0 aliphatic heterocycles. The molecule has 0 aliphatic rings. The van der Waals surface area contributed by atoms with Crippen molar-refractivity contribution in [1.29, 1.82) is 0 Å². The highest BCUT2D eigenvalue weighted by atomic mass is 32.1. The summed E-state index contributed by atoms with van der Waals surface area (Å²) in [5.41, 5.74) is 4.49. The minimum atomic E-state index is -4.74. The Bertz CT molecular complexity index is 545. The molecular weight excluding hydrogens is 285 g/mol. The van der Waals surface area contributed by atoms with Gasteiger partial charge in [0.1, 0.15) is 0 Å². The van der Waals surface area contributed by atoms with E-state index in [9.17, 15) is 23.3 Å². The zero-order valence-corrected chi connectivity index (χ0v) is 9.96. The summed E-state index contributed by atoms with van der Waals surface area (Å²) < 4.78 is 38.2. The predicted octanol–water partition coefficient (Wildman–Crippen LogP) is 1.78. The molecule has 0 amide bonds. The molecule has 0 spiro atoms. The van der Waals surface area contributed by atoms with E-state index in [1.54, 1.807) is 0 Å². The van der Waals surface area contributed by atoms with Gasteiger partial charge in [0.2, 0.25) is 0 Å². The summed E-state index contributed by atoms with van der Waals surface area (Å²) in [5, 5.41) is 13.7. The predicted molar refractivity (Wildman–Crippen MR) is 65.6 cm³/mol. The molecule has 6 nitrogen and oxygen atoms in total. The Hall–Kier alpha value is -2.23. The number of nitro groups is 1. The molecule has 0 saturated carbocycles. The maximum Gasteiger partial charge on any atom is 0.417 e.